The molecule has 0 saturated carbocycles. The lowest BCUT2D eigenvalue weighted by molar-refractivity contribution is 0.409. The molecule has 0 radical (unpaired) electrons. The Kier molecular flexibility index (Phi) is 5.85. The number of rotatable bonds is 6. The van der Waals surface area contributed by atoms with E-state index in [9.17, 15) is 0 Å². The van der Waals surface area contributed by atoms with Crippen LogP contribution in [0.4, 0.5) is 5.69 Å². The zero-order valence-corrected chi connectivity index (χ0v) is 12.8. The van der Waals surface area contributed by atoms with Gasteiger partial charge in [0.2, 0.25) is 0 Å². The first-order valence-electron chi connectivity index (χ1n) is 6.84. The van der Waals surface area contributed by atoms with Gasteiger partial charge < -0.3 is 9.80 Å². The Labute approximate surface area is 117 Å². The van der Waals surface area contributed by atoms with Gasteiger partial charge in [0.05, 0.1) is 11.6 Å². The second kappa shape index (κ2) is 7.16. The van der Waals surface area contributed by atoms with Crippen LogP contribution < -0.4 is 4.90 Å². The van der Waals surface area contributed by atoms with Gasteiger partial charge in [0.15, 0.2) is 0 Å². The number of hydrogen-bond donors (Lipinski definition) is 0. The minimum Gasteiger partial charge on any atom is -0.370 e. The topological polar surface area (TPSA) is 30.3 Å². The Morgan fingerprint density at radius 1 is 1.21 bits per heavy atom. The third kappa shape index (κ3) is 4.92. The summed E-state index contributed by atoms with van der Waals surface area (Å²) in [6, 6.07) is 8.15. The predicted octanol–water partition coefficient (Wildman–Crippen LogP) is 2.89. The molecule has 0 aliphatic carbocycles. The molecule has 3 nitrogen and oxygen atoms in total. The molecule has 0 aliphatic heterocycles. The summed E-state index contributed by atoms with van der Waals surface area (Å²) in [6.45, 7) is 9.65. The lowest BCUT2D eigenvalue weighted by Crippen LogP contribution is -2.34. The standard InChI is InChI=1S/C16H25N3/c1-13(2)12-19(9-8-18(4)5)16-7-6-15(11-17)10-14(16)3/h6-7,10,13H,8-9,12H2,1-5H3. The second-order valence-corrected chi connectivity index (χ2v) is 5.76. The van der Waals surface area contributed by atoms with Crippen LogP contribution in [0.2, 0.25) is 0 Å². The molecule has 0 aliphatic rings. The van der Waals surface area contributed by atoms with E-state index in [1.165, 1.54) is 11.3 Å². The maximum atomic E-state index is 8.94. The molecule has 104 valence electrons. The Hall–Kier alpha value is -1.53. The van der Waals surface area contributed by atoms with Crippen LogP contribution in [0.15, 0.2) is 18.2 Å². The quantitative estimate of drug-likeness (QED) is 0.787. The predicted molar refractivity (Wildman–Crippen MR) is 81.5 cm³/mol. The first-order chi connectivity index (χ1) is 8.93. The number of aryl methyl sites for hydroxylation is 1. The Morgan fingerprint density at radius 3 is 2.37 bits per heavy atom. The summed E-state index contributed by atoms with van der Waals surface area (Å²) in [7, 11) is 4.19. The molecule has 0 bridgehead atoms. The SMILES string of the molecule is Cc1cc(C#N)ccc1N(CCN(C)C)CC(C)C. The Balaban J connectivity index is 2.93. The third-order valence-corrected chi connectivity index (χ3v) is 3.07. The van der Waals surface area contributed by atoms with Crippen molar-refractivity contribution in [3.05, 3.63) is 29.3 Å². The molecule has 1 aromatic carbocycles. The van der Waals surface area contributed by atoms with E-state index in [2.05, 4.69) is 56.8 Å². The lowest BCUT2D eigenvalue weighted by atomic mass is 10.1. The maximum Gasteiger partial charge on any atom is 0.0991 e. The number of nitriles is 1. The van der Waals surface area contributed by atoms with Crippen molar-refractivity contribution in [2.45, 2.75) is 20.8 Å². The van der Waals surface area contributed by atoms with Crippen LogP contribution >= 0.6 is 0 Å². The first kappa shape index (κ1) is 15.5. The summed E-state index contributed by atoms with van der Waals surface area (Å²) >= 11 is 0. The van der Waals surface area contributed by atoms with Crippen molar-refractivity contribution in [2.24, 2.45) is 5.92 Å². The molecule has 1 aromatic rings. The maximum absolute atomic E-state index is 8.94. The van der Waals surface area contributed by atoms with Crippen LogP contribution in [0.25, 0.3) is 0 Å². The fourth-order valence-electron chi connectivity index (χ4n) is 2.15. The molecule has 0 aromatic heterocycles. The molecule has 0 spiro atoms. The average molecular weight is 259 g/mol. The van der Waals surface area contributed by atoms with Crippen molar-refractivity contribution in [1.29, 1.82) is 5.26 Å². The van der Waals surface area contributed by atoms with Gasteiger partial charge in [-0.15, -0.1) is 0 Å². The van der Waals surface area contributed by atoms with Crippen molar-refractivity contribution in [3.63, 3.8) is 0 Å². The van der Waals surface area contributed by atoms with Crippen molar-refractivity contribution in [1.82, 2.24) is 4.90 Å². The van der Waals surface area contributed by atoms with Gasteiger partial charge in [0.25, 0.3) is 0 Å². The van der Waals surface area contributed by atoms with Crippen molar-refractivity contribution in [3.8, 4) is 6.07 Å². The van der Waals surface area contributed by atoms with Gasteiger partial charge in [0.1, 0.15) is 0 Å². The number of hydrogen-bond acceptors (Lipinski definition) is 3. The highest BCUT2D eigenvalue weighted by atomic mass is 15.2. The molecule has 0 heterocycles. The van der Waals surface area contributed by atoms with E-state index >= 15 is 0 Å². The van der Waals surface area contributed by atoms with Gasteiger partial charge in [-0.3, -0.25) is 0 Å². The summed E-state index contributed by atoms with van der Waals surface area (Å²) in [5.74, 6) is 0.622. The normalized spacial score (nSPS) is 10.8. The molecule has 0 atom stereocenters. The van der Waals surface area contributed by atoms with Gasteiger partial charge in [-0.25, -0.2) is 0 Å². The van der Waals surface area contributed by atoms with Gasteiger partial charge in [-0.1, -0.05) is 13.8 Å². The minimum atomic E-state index is 0.622. The van der Waals surface area contributed by atoms with Crippen LogP contribution in [-0.4, -0.2) is 38.6 Å². The van der Waals surface area contributed by atoms with Crippen LogP contribution in [0.5, 0.6) is 0 Å². The van der Waals surface area contributed by atoms with Crippen LogP contribution in [-0.2, 0) is 0 Å². The Bertz CT molecular complexity index is 444. The van der Waals surface area contributed by atoms with Crippen LogP contribution in [0.1, 0.15) is 25.0 Å². The van der Waals surface area contributed by atoms with E-state index in [4.69, 9.17) is 5.26 Å². The molecule has 0 N–H and O–H groups in total. The molecule has 0 unspecified atom stereocenters. The highest BCUT2D eigenvalue weighted by Crippen LogP contribution is 2.22. The second-order valence-electron chi connectivity index (χ2n) is 5.76. The third-order valence-electron chi connectivity index (χ3n) is 3.07. The van der Waals surface area contributed by atoms with E-state index in [1.54, 1.807) is 0 Å². The summed E-state index contributed by atoms with van der Waals surface area (Å²) < 4.78 is 0. The molecule has 0 fully saturated rings. The minimum absolute atomic E-state index is 0.622. The summed E-state index contributed by atoms with van der Waals surface area (Å²) in [5, 5.41) is 8.94. The fourth-order valence-corrected chi connectivity index (χ4v) is 2.15. The highest BCUT2D eigenvalue weighted by molar-refractivity contribution is 5.56. The zero-order valence-electron chi connectivity index (χ0n) is 12.8. The lowest BCUT2D eigenvalue weighted by Gasteiger charge is -2.29. The van der Waals surface area contributed by atoms with Crippen LogP contribution in [0, 0.1) is 24.2 Å². The van der Waals surface area contributed by atoms with Crippen molar-refractivity contribution >= 4 is 5.69 Å². The van der Waals surface area contributed by atoms with Crippen LogP contribution in [0.3, 0.4) is 0 Å². The average Bonchev–Trinajstić information content (AvgIpc) is 2.34. The largest absolute Gasteiger partial charge is 0.370 e. The van der Waals surface area contributed by atoms with Gasteiger partial charge in [0, 0.05) is 25.3 Å². The summed E-state index contributed by atoms with van der Waals surface area (Å²) in [5.41, 5.74) is 3.16. The molecule has 0 saturated heterocycles. The summed E-state index contributed by atoms with van der Waals surface area (Å²) in [6.07, 6.45) is 0. The number of nitrogens with zero attached hydrogens (tertiary/aromatic N) is 3. The van der Waals surface area contributed by atoms with E-state index in [0.29, 0.717) is 5.92 Å². The molecular weight excluding hydrogens is 234 g/mol. The van der Waals surface area contributed by atoms with E-state index < -0.39 is 0 Å². The molecular formula is C16H25N3. The zero-order chi connectivity index (χ0) is 14.4. The first-order valence-corrected chi connectivity index (χ1v) is 6.84. The monoisotopic (exact) mass is 259 g/mol. The number of likely N-dealkylation sites (N-methyl/N-ethyl adjacent to an activating group) is 1. The van der Waals surface area contributed by atoms with Crippen molar-refractivity contribution < 1.29 is 0 Å². The van der Waals surface area contributed by atoms with Gasteiger partial charge in [-0.05, 0) is 50.7 Å². The number of benzene rings is 1. The molecule has 1 rings (SSSR count). The molecule has 19 heavy (non-hydrogen) atoms. The van der Waals surface area contributed by atoms with E-state index in [0.717, 1.165) is 25.2 Å². The van der Waals surface area contributed by atoms with Gasteiger partial charge >= 0.3 is 0 Å². The van der Waals surface area contributed by atoms with E-state index in [-0.39, 0.29) is 0 Å². The summed E-state index contributed by atoms with van der Waals surface area (Å²) in [4.78, 5) is 4.62. The van der Waals surface area contributed by atoms with Gasteiger partial charge in [-0.2, -0.15) is 5.26 Å². The molecule has 0 amide bonds. The fraction of sp³-hybridized carbons (Fsp3) is 0.562. The Morgan fingerprint density at radius 2 is 1.89 bits per heavy atom. The number of anilines is 1. The van der Waals surface area contributed by atoms with Crippen molar-refractivity contribution in [2.75, 3.05) is 38.6 Å². The van der Waals surface area contributed by atoms with E-state index in [1.807, 2.05) is 12.1 Å². The highest BCUT2D eigenvalue weighted by Gasteiger charge is 2.11. The molecule has 3 heteroatoms. The smallest absolute Gasteiger partial charge is 0.0991 e.